The number of alkyl halides is 3. The van der Waals surface area contributed by atoms with E-state index in [4.69, 9.17) is 0 Å². The molecular weight excluding hydrogens is 471 g/mol. The highest BCUT2D eigenvalue weighted by Crippen LogP contribution is 2.34. The van der Waals surface area contributed by atoms with Gasteiger partial charge in [-0.1, -0.05) is 30.3 Å². The van der Waals surface area contributed by atoms with Crippen molar-refractivity contribution in [3.63, 3.8) is 0 Å². The molecule has 0 aliphatic carbocycles. The van der Waals surface area contributed by atoms with E-state index in [1.54, 1.807) is 30.3 Å². The third kappa shape index (κ3) is 4.99. The molecule has 0 saturated heterocycles. The average molecular weight is 490 g/mol. The zero-order valence-corrected chi connectivity index (χ0v) is 18.5. The quantitative estimate of drug-likeness (QED) is 0.374. The third-order valence-corrected chi connectivity index (χ3v) is 5.35. The Balaban J connectivity index is 1.81. The maximum atomic E-state index is 14.0. The molecule has 4 aromatic rings. The largest absolute Gasteiger partial charge is 0.433 e. The molecule has 2 heterocycles. The molecule has 0 radical (unpaired) electrons. The number of halogens is 5. The topological polar surface area (TPSA) is 80.0 Å². The van der Waals surface area contributed by atoms with Gasteiger partial charge in [0.25, 0.3) is 0 Å². The van der Waals surface area contributed by atoms with E-state index >= 15 is 0 Å². The first-order valence-corrected chi connectivity index (χ1v) is 10.4. The number of aryl methyl sites for hydroxylation is 1. The molecule has 4 rings (SSSR count). The van der Waals surface area contributed by atoms with Gasteiger partial charge in [-0.15, -0.1) is 0 Å². The summed E-state index contributed by atoms with van der Waals surface area (Å²) in [5, 5.41) is 13.2. The van der Waals surface area contributed by atoms with Crippen molar-refractivity contribution in [1.82, 2.24) is 14.5 Å². The lowest BCUT2D eigenvalue weighted by Gasteiger charge is -2.23. The Morgan fingerprint density at radius 2 is 1.66 bits per heavy atom. The number of hydrogen-bond donors (Lipinski definition) is 2. The number of pyridine rings is 1. The Labute approximate surface area is 196 Å². The standard InChI is InChI=1S/C24H19F5N4O2/c1-13-8-18-21(32-20(13)24(27,28)29)33(17-10-15(25)9-16(26)11-17)22(30-18)31-19(34)12-23(2,35)14-6-4-3-5-7-14/h3-11,35H,12H2,1-2H3,(H,30,31,34)/t23-/m0/s1. The van der Waals surface area contributed by atoms with Gasteiger partial charge in [0, 0.05) is 6.07 Å². The minimum absolute atomic E-state index is 0.0368. The van der Waals surface area contributed by atoms with Gasteiger partial charge in [-0.2, -0.15) is 13.2 Å². The zero-order valence-electron chi connectivity index (χ0n) is 18.5. The number of fused-ring (bicyclic) bond motifs is 1. The second kappa shape index (κ2) is 8.73. The first-order chi connectivity index (χ1) is 16.3. The van der Waals surface area contributed by atoms with Crippen molar-refractivity contribution >= 4 is 23.0 Å². The van der Waals surface area contributed by atoms with E-state index in [0.717, 1.165) is 22.8 Å². The molecule has 6 nitrogen and oxygen atoms in total. The van der Waals surface area contributed by atoms with E-state index in [2.05, 4.69) is 15.3 Å². The van der Waals surface area contributed by atoms with Crippen LogP contribution >= 0.6 is 0 Å². The maximum absolute atomic E-state index is 14.0. The van der Waals surface area contributed by atoms with Crippen LogP contribution in [-0.2, 0) is 16.6 Å². The molecule has 0 bridgehead atoms. The van der Waals surface area contributed by atoms with Crippen LogP contribution in [0.25, 0.3) is 16.9 Å². The number of aliphatic hydroxyl groups is 1. The van der Waals surface area contributed by atoms with Crippen LogP contribution in [-0.4, -0.2) is 25.5 Å². The summed E-state index contributed by atoms with van der Waals surface area (Å²) in [4.78, 5) is 20.6. The van der Waals surface area contributed by atoms with Gasteiger partial charge in [-0.25, -0.2) is 18.7 Å². The number of benzene rings is 2. The molecular formula is C24H19F5N4O2. The van der Waals surface area contributed by atoms with Crippen LogP contribution in [0.4, 0.5) is 27.9 Å². The number of imidazole rings is 1. The van der Waals surface area contributed by atoms with Gasteiger partial charge in [0.1, 0.15) is 22.8 Å². The van der Waals surface area contributed by atoms with Gasteiger partial charge in [0.05, 0.1) is 17.7 Å². The van der Waals surface area contributed by atoms with Crippen molar-refractivity contribution in [2.24, 2.45) is 0 Å². The van der Waals surface area contributed by atoms with Crippen LogP contribution in [0.3, 0.4) is 0 Å². The molecule has 0 aliphatic heterocycles. The van der Waals surface area contributed by atoms with Gasteiger partial charge < -0.3 is 5.11 Å². The maximum Gasteiger partial charge on any atom is 0.433 e. The number of aromatic nitrogens is 3. The van der Waals surface area contributed by atoms with Crippen molar-refractivity contribution in [2.45, 2.75) is 32.0 Å². The summed E-state index contributed by atoms with van der Waals surface area (Å²) < 4.78 is 69.3. The van der Waals surface area contributed by atoms with Gasteiger partial charge in [0.2, 0.25) is 11.9 Å². The predicted molar refractivity (Wildman–Crippen MR) is 118 cm³/mol. The van der Waals surface area contributed by atoms with E-state index in [-0.39, 0.29) is 28.4 Å². The van der Waals surface area contributed by atoms with E-state index in [9.17, 15) is 31.9 Å². The smallest absolute Gasteiger partial charge is 0.385 e. The predicted octanol–water partition coefficient (Wildman–Crippen LogP) is 5.26. The van der Waals surface area contributed by atoms with Crippen LogP contribution in [0.5, 0.6) is 0 Å². The Bertz CT molecular complexity index is 1390. The fourth-order valence-corrected chi connectivity index (χ4v) is 3.77. The summed E-state index contributed by atoms with van der Waals surface area (Å²) in [6, 6.07) is 11.8. The van der Waals surface area contributed by atoms with E-state index in [0.29, 0.717) is 11.6 Å². The lowest BCUT2D eigenvalue weighted by atomic mass is 9.92. The summed E-state index contributed by atoms with van der Waals surface area (Å²) in [7, 11) is 0. The molecule has 2 aromatic heterocycles. The highest BCUT2D eigenvalue weighted by molar-refractivity contribution is 5.92. The second-order valence-corrected chi connectivity index (χ2v) is 8.26. The Morgan fingerprint density at radius 1 is 1.03 bits per heavy atom. The monoisotopic (exact) mass is 490 g/mol. The first-order valence-electron chi connectivity index (χ1n) is 10.4. The molecule has 182 valence electrons. The molecule has 1 amide bonds. The minimum Gasteiger partial charge on any atom is -0.385 e. The zero-order chi connectivity index (χ0) is 25.5. The molecule has 35 heavy (non-hydrogen) atoms. The van der Waals surface area contributed by atoms with Crippen LogP contribution in [0.1, 0.15) is 30.2 Å². The van der Waals surface area contributed by atoms with E-state index in [1.165, 1.54) is 13.8 Å². The number of carbonyl (C=O) groups is 1. The van der Waals surface area contributed by atoms with Gasteiger partial charge in [0.15, 0.2) is 5.65 Å². The Morgan fingerprint density at radius 3 is 2.26 bits per heavy atom. The Hall–Kier alpha value is -3.86. The second-order valence-electron chi connectivity index (χ2n) is 8.26. The normalized spacial score (nSPS) is 13.6. The van der Waals surface area contributed by atoms with E-state index < -0.39 is 41.4 Å². The van der Waals surface area contributed by atoms with Crippen LogP contribution in [0.2, 0.25) is 0 Å². The molecule has 0 aliphatic rings. The molecule has 2 N–H and O–H groups in total. The van der Waals surface area contributed by atoms with Crippen LogP contribution in [0.15, 0.2) is 54.6 Å². The Kier molecular flexibility index (Phi) is 6.05. The number of rotatable bonds is 5. The van der Waals surface area contributed by atoms with Gasteiger partial charge in [-0.3, -0.25) is 14.7 Å². The SMILES string of the molecule is Cc1cc2nc(NC(=O)C[C@](C)(O)c3ccccc3)n(-c3cc(F)cc(F)c3)c2nc1C(F)(F)F. The summed E-state index contributed by atoms with van der Waals surface area (Å²) >= 11 is 0. The highest BCUT2D eigenvalue weighted by Gasteiger charge is 2.36. The fraction of sp³-hybridized carbons (Fsp3) is 0.208. The molecule has 1 atom stereocenters. The van der Waals surface area contributed by atoms with Crippen molar-refractivity contribution in [3.8, 4) is 5.69 Å². The summed E-state index contributed by atoms with van der Waals surface area (Å²) in [6.45, 7) is 2.62. The van der Waals surface area contributed by atoms with Gasteiger partial charge >= 0.3 is 6.18 Å². The summed E-state index contributed by atoms with van der Waals surface area (Å²) in [5.41, 5.74) is -3.17. The summed E-state index contributed by atoms with van der Waals surface area (Å²) in [5.74, 6) is -3.03. The number of hydrogen-bond acceptors (Lipinski definition) is 4. The van der Waals surface area contributed by atoms with Crippen molar-refractivity contribution < 1.29 is 31.9 Å². The molecule has 2 aromatic carbocycles. The minimum atomic E-state index is -4.79. The third-order valence-electron chi connectivity index (χ3n) is 5.35. The average Bonchev–Trinajstić information content (AvgIpc) is 3.08. The number of anilines is 1. The van der Waals surface area contributed by atoms with Crippen LogP contribution in [0, 0.1) is 18.6 Å². The molecule has 11 heteroatoms. The number of nitrogens with one attached hydrogen (secondary N) is 1. The molecule has 0 fully saturated rings. The lowest BCUT2D eigenvalue weighted by molar-refractivity contribution is -0.141. The number of nitrogens with zero attached hydrogens (tertiary/aromatic N) is 3. The van der Waals surface area contributed by atoms with Crippen molar-refractivity contribution in [3.05, 3.63) is 83.1 Å². The van der Waals surface area contributed by atoms with E-state index in [1.807, 2.05) is 0 Å². The van der Waals surface area contributed by atoms with Crippen molar-refractivity contribution in [2.75, 3.05) is 5.32 Å². The molecule has 0 unspecified atom stereocenters. The molecule has 0 spiro atoms. The lowest BCUT2D eigenvalue weighted by Crippen LogP contribution is -2.29. The number of carbonyl (C=O) groups excluding carboxylic acids is 1. The van der Waals surface area contributed by atoms with Crippen molar-refractivity contribution in [1.29, 1.82) is 0 Å². The highest BCUT2D eigenvalue weighted by atomic mass is 19.4. The summed E-state index contributed by atoms with van der Waals surface area (Å²) in [6.07, 6.45) is -5.23. The van der Waals surface area contributed by atoms with Crippen LogP contribution < -0.4 is 5.32 Å². The number of amides is 1. The molecule has 0 saturated carbocycles. The van der Waals surface area contributed by atoms with Gasteiger partial charge in [-0.05, 0) is 43.2 Å². The first kappa shape index (κ1) is 24.3. The fourth-order valence-electron chi connectivity index (χ4n) is 3.77.